The number of rotatable bonds is 23. The second-order valence-electron chi connectivity index (χ2n) is 8.66. The standard InChI is InChI=1S/C26H52O3/c1-3-5-7-9-10-11-12-13-14-15-16-17-18-19-21-23-25-29-26(27)28-24-22-20-8-6-4-2/h3-25H2,1-2H3. The normalized spacial score (nSPS) is 11.0. The van der Waals surface area contributed by atoms with E-state index in [1.54, 1.807) is 0 Å². The summed E-state index contributed by atoms with van der Waals surface area (Å²) in [6.07, 6.45) is 27.0. The van der Waals surface area contributed by atoms with Gasteiger partial charge in [0.05, 0.1) is 13.2 Å². The van der Waals surface area contributed by atoms with E-state index in [0.29, 0.717) is 13.2 Å². The van der Waals surface area contributed by atoms with Crippen LogP contribution in [0.4, 0.5) is 4.79 Å². The number of carbonyl (C=O) groups is 1. The van der Waals surface area contributed by atoms with E-state index >= 15 is 0 Å². The predicted octanol–water partition coefficient (Wildman–Crippen LogP) is 9.37. The number of unbranched alkanes of at least 4 members (excludes halogenated alkanes) is 19. The number of ether oxygens (including phenoxy) is 2. The summed E-state index contributed by atoms with van der Waals surface area (Å²) < 4.78 is 10.2. The predicted molar refractivity (Wildman–Crippen MR) is 126 cm³/mol. The summed E-state index contributed by atoms with van der Waals surface area (Å²) in [5.41, 5.74) is 0. The van der Waals surface area contributed by atoms with Gasteiger partial charge in [0.15, 0.2) is 0 Å². The van der Waals surface area contributed by atoms with Crippen molar-refractivity contribution in [3.63, 3.8) is 0 Å². The van der Waals surface area contributed by atoms with Crippen molar-refractivity contribution in [2.45, 2.75) is 149 Å². The lowest BCUT2D eigenvalue weighted by Crippen LogP contribution is -2.09. The second-order valence-corrected chi connectivity index (χ2v) is 8.66. The molecule has 0 aromatic heterocycles. The quantitative estimate of drug-likeness (QED) is 0.124. The summed E-state index contributed by atoms with van der Waals surface area (Å²) in [7, 11) is 0. The molecule has 0 aliphatic carbocycles. The SMILES string of the molecule is CCCCCCCCCCCCCCCCCCOC(=O)OCCCCCCC. The van der Waals surface area contributed by atoms with Crippen LogP contribution in [0.5, 0.6) is 0 Å². The van der Waals surface area contributed by atoms with Crippen molar-refractivity contribution in [1.29, 1.82) is 0 Å². The van der Waals surface area contributed by atoms with Gasteiger partial charge in [-0.15, -0.1) is 0 Å². The van der Waals surface area contributed by atoms with Gasteiger partial charge in [-0.1, -0.05) is 136 Å². The van der Waals surface area contributed by atoms with E-state index in [0.717, 1.165) is 25.7 Å². The molecule has 0 N–H and O–H groups in total. The number of hydrogen-bond acceptors (Lipinski definition) is 3. The molecule has 0 radical (unpaired) electrons. The van der Waals surface area contributed by atoms with Crippen LogP contribution < -0.4 is 0 Å². The molecule has 0 rings (SSSR count). The molecule has 0 heterocycles. The molecule has 0 bridgehead atoms. The van der Waals surface area contributed by atoms with E-state index in [9.17, 15) is 4.79 Å². The highest BCUT2D eigenvalue weighted by molar-refractivity contribution is 5.59. The van der Waals surface area contributed by atoms with Crippen molar-refractivity contribution in [3.8, 4) is 0 Å². The first-order valence-electron chi connectivity index (χ1n) is 13.1. The lowest BCUT2D eigenvalue weighted by atomic mass is 10.0. The molecule has 0 aromatic carbocycles. The van der Waals surface area contributed by atoms with E-state index in [4.69, 9.17) is 9.47 Å². The molecule has 29 heavy (non-hydrogen) atoms. The number of carbonyl (C=O) groups excluding carboxylic acids is 1. The van der Waals surface area contributed by atoms with Crippen LogP contribution in [0.15, 0.2) is 0 Å². The highest BCUT2D eigenvalue weighted by atomic mass is 16.7. The molecule has 0 saturated carbocycles. The largest absolute Gasteiger partial charge is 0.508 e. The highest BCUT2D eigenvalue weighted by Gasteiger charge is 2.03. The first-order chi connectivity index (χ1) is 14.3. The molecule has 3 heteroatoms. The van der Waals surface area contributed by atoms with Gasteiger partial charge in [0, 0.05) is 0 Å². The third kappa shape index (κ3) is 25.2. The highest BCUT2D eigenvalue weighted by Crippen LogP contribution is 2.13. The molecular formula is C26H52O3. The van der Waals surface area contributed by atoms with E-state index in [1.165, 1.54) is 109 Å². The van der Waals surface area contributed by atoms with Gasteiger partial charge in [-0.3, -0.25) is 0 Å². The Kier molecular flexibility index (Phi) is 24.7. The van der Waals surface area contributed by atoms with Crippen molar-refractivity contribution in [2.75, 3.05) is 13.2 Å². The average Bonchev–Trinajstić information content (AvgIpc) is 2.73. The van der Waals surface area contributed by atoms with Crippen LogP contribution in [0.25, 0.3) is 0 Å². The van der Waals surface area contributed by atoms with E-state index in [1.807, 2.05) is 0 Å². The maximum Gasteiger partial charge on any atom is 0.508 e. The fraction of sp³-hybridized carbons (Fsp3) is 0.962. The van der Waals surface area contributed by atoms with Gasteiger partial charge in [-0.2, -0.15) is 0 Å². The fourth-order valence-electron chi connectivity index (χ4n) is 3.71. The molecule has 0 atom stereocenters. The molecule has 0 aliphatic heterocycles. The summed E-state index contributed by atoms with van der Waals surface area (Å²) in [4.78, 5) is 11.4. The van der Waals surface area contributed by atoms with Gasteiger partial charge in [0.2, 0.25) is 0 Å². The van der Waals surface area contributed by atoms with Crippen LogP contribution in [0.3, 0.4) is 0 Å². The Labute approximate surface area is 182 Å². The van der Waals surface area contributed by atoms with Gasteiger partial charge < -0.3 is 9.47 Å². The third-order valence-electron chi connectivity index (χ3n) is 5.69. The van der Waals surface area contributed by atoms with Crippen LogP contribution in [0.2, 0.25) is 0 Å². The molecule has 0 spiro atoms. The summed E-state index contributed by atoms with van der Waals surface area (Å²) in [6, 6.07) is 0. The van der Waals surface area contributed by atoms with Gasteiger partial charge in [-0.05, 0) is 12.8 Å². The van der Waals surface area contributed by atoms with E-state index < -0.39 is 6.16 Å². The maximum absolute atomic E-state index is 11.4. The zero-order chi connectivity index (χ0) is 21.3. The Bertz CT molecular complexity index is 317. The lowest BCUT2D eigenvalue weighted by Gasteiger charge is -2.06. The minimum atomic E-state index is -0.485. The lowest BCUT2D eigenvalue weighted by molar-refractivity contribution is 0.0529. The minimum absolute atomic E-state index is 0.485. The third-order valence-corrected chi connectivity index (χ3v) is 5.69. The molecule has 0 amide bonds. The molecule has 0 saturated heterocycles. The summed E-state index contributed by atoms with van der Waals surface area (Å²) >= 11 is 0. The Hall–Kier alpha value is -0.730. The van der Waals surface area contributed by atoms with Crippen molar-refractivity contribution >= 4 is 6.16 Å². The van der Waals surface area contributed by atoms with Gasteiger partial charge in [0.25, 0.3) is 0 Å². The van der Waals surface area contributed by atoms with Crippen LogP contribution in [-0.4, -0.2) is 19.4 Å². The molecule has 0 aromatic rings. The maximum atomic E-state index is 11.4. The Balaban J connectivity index is 3.10. The minimum Gasteiger partial charge on any atom is -0.434 e. The van der Waals surface area contributed by atoms with Crippen molar-refractivity contribution < 1.29 is 14.3 Å². The van der Waals surface area contributed by atoms with E-state index in [2.05, 4.69) is 13.8 Å². The zero-order valence-corrected chi connectivity index (χ0v) is 20.0. The first kappa shape index (κ1) is 28.3. The Morgan fingerprint density at radius 1 is 0.414 bits per heavy atom. The van der Waals surface area contributed by atoms with Crippen LogP contribution >= 0.6 is 0 Å². The molecule has 174 valence electrons. The van der Waals surface area contributed by atoms with Crippen molar-refractivity contribution in [3.05, 3.63) is 0 Å². The summed E-state index contributed by atoms with van der Waals surface area (Å²) in [5, 5.41) is 0. The Morgan fingerprint density at radius 3 is 0.931 bits per heavy atom. The average molecular weight is 413 g/mol. The van der Waals surface area contributed by atoms with Gasteiger partial charge >= 0.3 is 6.16 Å². The summed E-state index contributed by atoms with van der Waals surface area (Å²) in [5.74, 6) is 0. The second kappa shape index (κ2) is 25.3. The Morgan fingerprint density at radius 2 is 0.655 bits per heavy atom. The van der Waals surface area contributed by atoms with Crippen LogP contribution in [0, 0.1) is 0 Å². The molecule has 3 nitrogen and oxygen atoms in total. The van der Waals surface area contributed by atoms with Crippen LogP contribution in [0.1, 0.15) is 149 Å². The zero-order valence-electron chi connectivity index (χ0n) is 20.0. The molecule has 0 unspecified atom stereocenters. The summed E-state index contributed by atoms with van der Waals surface area (Å²) in [6.45, 7) is 5.49. The van der Waals surface area contributed by atoms with Crippen molar-refractivity contribution in [1.82, 2.24) is 0 Å². The van der Waals surface area contributed by atoms with Crippen LogP contribution in [-0.2, 0) is 9.47 Å². The first-order valence-corrected chi connectivity index (χ1v) is 13.1. The van der Waals surface area contributed by atoms with E-state index in [-0.39, 0.29) is 0 Å². The molecule has 0 fully saturated rings. The molecular weight excluding hydrogens is 360 g/mol. The smallest absolute Gasteiger partial charge is 0.434 e. The molecule has 0 aliphatic rings. The fourth-order valence-corrected chi connectivity index (χ4v) is 3.71. The van der Waals surface area contributed by atoms with Crippen molar-refractivity contribution in [2.24, 2.45) is 0 Å². The topological polar surface area (TPSA) is 35.5 Å². The van der Waals surface area contributed by atoms with Gasteiger partial charge in [-0.25, -0.2) is 4.79 Å². The van der Waals surface area contributed by atoms with Gasteiger partial charge in [0.1, 0.15) is 0 Å². The monoisotopic (exact) mass is 412 g/mol. The number of hydrogen-bond donors (Lipinski definition) is 0.